The molecule has 5 nitrogen and oxygen atoms in total. The first-order chi connectivity index (χ1) is 12.3. The third-order valence-corrected chi connectivity index (χ3v) is 3.97. The summed E-state index contributed by atoms with van der Waals surface area (Å²) in [6, 6.07) is 13.8. The molecule has 0 aliphatic rings. The van der Waals surface area contributed by atoms with Gasteiger partial charge in [-0.1, -0.05) is 29.8 Å². The standard InChI is InChI=1S/C20H22BrNO4/c1-13(2)12-25-18-10-4-15(5-11-18)20(24)26-14(3)19(23)22-17-8-6-16(21)7-9-17/h4-11,13-14H,12H2,1-3H3,(H,22,23). The van der Waals surface area contributed by atoms with Crippen molar-refractivity contribution in [2.24, 2.45) is 5.92 Å². The molecule has 2 rings (SSSR count). The van der Waals surface area contributed by atoms with Gasteiger partial charge in [0.1, 0.15) is 5.75 Å². The average Bonchev–Trinajstić information content (AvgIpc) is 2.62. The zero-order valence-electron chi connectivity index (χ0n) is 15.0. The van der Waals surface area contributed by atoms with Crippen LogP contribution in [0.4, 0.5) is 5.69 Å². The molecular weight excluding hydrogens is 398 g/mol. The quantitative estimate of drug-likeness (QED) is 0.662. The monoisotopic (exact) mass is 419 g/mol. The van der Waals surface area contributed by atoms with Gasteiger partial charge in [-0.25, -0.2) is 4.79 Å². The molecule has 1 atom stereocenters. The Morgan fingerprint density at radius 3 is 2.19 bits per heavy atom. The number of halogens is 1. The summed E-state index contributed by atoms with van der Waals surface area (Å²) in [6.07, 6.45) is -0.914. The van der Waals surface area contributed by atoms with Crippen molar-refractivity contribution < 1.29 is 19.1 Å². The van der Waals surface area contributed by atoms with Crippen LogP contribution in [0.3, 0.4) is 0 Å². The highest BCUT2D eigenvalue weighted by molar-refractivity contribution is 9.10. The Labute approximate surface area is 161 Å². The molecule has 0 saturated carbocycles. The largest absolute Gasteiger partial charge is 0.493 e. The Hall–Kier alpha value is -2.34. The number of esters is 1. The van der Waals surface area contributed by atoms with Gasteiger partial charge in [-0.3, -0.25) is 4.79 Å². The van der Waals surface area contributed by atoms with Crippen LogP contribution in [0.1, 0.15) is 31.1 Å². The lowest BCUT2D eigenvalue weighted by molar-refractivity contribution is -0.123. The van der Waals surface area contributed by atoms with Crippen molar-refractivity contribution in [2.45, 2.75) is 26.9 Å². The average molecular weight is 420 g/mol. The van der Waals surface area contributed by atoms with Gasteiger partial charge >= 0.3 is 5.97 Å². The van der Waals surface area contributed by atoms with E-state index in [0.717, 1.165) is 4.47 Å². The molecule has 1 unspecified atom stereocenters. The normalized spacial score (nSPS) is 11.7. The molecule has 2 aromatic rings. The zero-order valence-corrected chi connectivity index (χ0v) is 16.6. The molecular formula is C20H22BrNO4. The maximum absolute atomic E-state index is 12.2. The van der Waals surface area contributed by atoms with Crippen LogP contribution in [0.2, 0.25) is 0 Å². The summed E-state index contributed by atoms with van der Waals surface area (Å²) in [7, 11) is 0. The number of ether oxygens (including phenoxy) is 2. The van der Waals surface area contributed by atoms with Crippen molar-refractivity contribution in [3.05, 3.63) is 58.6 Å². The highest BCUT2D eigenvalue weighted by Crippen LogP contribution is 2.16. The van der Waals surface area contributed by atoms with Crippen LogP contribution >= 0.6 is 15.9 Å². The molecule has 0 spiro atoms. The molecule has 1 amide bonds. The van der Waals surface area contributed by atoms with Crippen LogP contribution < -0.4 is 10.1 Å². The molecule has 0 radical (unpaired) electrons. The molecule has 0 aromatic heterocycles. The molecule has 138 valence electrons. The molecule has 1 N–H and O–H groups in total. The van der Waals surface area contributed by atoms with Gasteiger partial charge in [0.15, 0.2) is 6.10 Å². The van der Waals surface area contributed by atoms with Gasteiger partial charge in [-0.2, -0.15) is 0 Å². The second-order valence-electron chi connectivity index (χ2n) is 6.27. The molecule has 0 heterocycles. The van der Waals surface area contributed by atoms with Crippen LogP contribution in [0.5, 0.6) is 5.75 Å². The van der Waals surface area contributed by atoms with Crippen LogP contribution in [0, 0.1) is 5.92 Å². The Morgan fingerprint density at radius 1 is 1.00 bits per heavy atom. The summed E-state index contributed by atoms with van der Waals surface area (Å²) in [6.45, 7) is 6.27. The van der Waals surface area contributed by atoms with Crippen molar-refractivity contribution in [3.8, 4) is 5.75 Å². The summed E-state index contributed by atoms with van der Waals surface area (Å²) >= 11 is 3.33. The minimum absolute atomic E-state index is 0.366. The van der Waals surface area contributed by atoms with E-state index < -0.39 is 18.0 Å². The van der Waals surface area contributed by atoms with Crippen molar-refractivity contribution in [1.82, 2.24) is 0 Å². The number of nitrogens with one attached hydrogen (secondary N) is 1. The Balaban J connectivity index is 1.89. The van der Waals surface area contributed by atoms with Crippen LogP contribution in [-0.4, -0.2) is 24.6 Å². The van der Waals surface area contributed by atoms with Crippen LogP contribution in [-0.2, 0) is 9.53 Å². The summed E-state index contributed by atoms with van der Waals surface area (Å²) in [5, 5.41) is 2.71. The van der Waals surface area contributed by atoms with E-state index in [1.165, 1.54) is 6.92 Å². The predicted molar refractivity (Wildman–Crippen MR) is 104 cm³/mol. The number of carbonyl (C=O) groups excluding carboxylic acids is 2. The number of amides is 1. The molecule has 6 heteroatoms. The fraction of sp³-hybridized carbons (Fsp3) is 0.300. The minimum Gasteiger partial charge on any atom is -0.493 e. The molecule has 0 bridgehead atoms. The summed E-state index contributed by atoms with van der Waals surface area (Å²) < 4.78 is 11.7. The van der Waals surface area contributed by atoms with Gasteiger partial charge < -0.3 is 14.8 Å². The number of benzene rings is 2. The Morgan fingerprint density at radius 2 is 1.62 bits per heavy atom. The smallest absolute Gasteiger partial charge is 0.338 e. The van der Waals surface area contributed by atoms with Gasteiger partial charge in [0.25, 0.3) is 5.91 Å². The molecule has 0 aliphatic carbocycles. The summed E-state index contributed by atoms with van der Waals surface area (Å²) in [5.74, 6) is 0.164. The topological polar surface area (TPSA) is 64.6 Å². The van der Waals surface area contributed by atoms with Crippen molar-refractivity contribution in [3.63, 3.8) is 0 Å². The van der Waals surface area contributed by atoms with Gasteiger partial charge in [0.2, 0.25) is 0 Å². The molecule has 2 aromatic carbocycles. The third-order valence-electron chi connectivity index (χ3n) is 3.44. The van der Waals surface area contributed by atoms with E-state index in [-0.39, 0.29) is 0 Å². The van der Waals surface area contributed by atoms with E-state index in [1.807, 2.05) is 12.1 Å². The molecule has 0 aliphatic heterocycles. The predicted octanol–water partition coefficient (Wildman–Crippen LogP) is 4.67. The van der Waals surface area contributed by atoms with Crippen molar-refractivity contribution in [1.29, 1.82) is 0 Å². The van der Waals surface area contributed by atoms with Crippen molar-refractivity contribution in [2.75, 3.05) is 11.9 Å². The fourth-order valence-electron chi connectivity index (χ4n) is 2.01. The lowest BCUT2D eigenvalue weighted by Crippen LogP contribution is -2.29. The summed E-state index contributed by atoms with van der Waals surface area (Å²) in [5.41, 5.74) is 0.998. The minimum atomic E-state index is -0.914. The maximum Gasteiger partial charge on any atom is 0.338 e. The highest BCUT2D eigenvalue weighted by atomic mass is 79.9. The van der Waals surface area contributed by atoms with Crippen molar-refractivity contribution >= 4 is 33.5 Å². The van der Waals surface area contributed by atoms with E-state index >= 15 is 0 Å². The lowest BCUT2D eigenvalue weighted by Gasteiger charge is -2.14. The number of hydrogen-bond acceptors (Lipinski definition) is 4. The summed E-state index contributed by atoms with van der Waals surface area (Å²) in [4.78, 5) is 24.3. The lowest BCUT2D eigenvalue weighted by atomic mass is 10.2. The second-order valence-corrected chi connectivity index (χ2v) is 7.19. The fourth-order valence-corrected chi connectivity index (χ4v) is 2.27. The van der Waals surface area contributed by atoms with Crippen LogP contribution in [0.25, 0.3) is 0 Å². The number of carbonyl (C=O) groups is 2. The Kier molecular flexibility index (Phi) is 7.21. The van der Waals surface area contributed by atoms with Gasteiger partial charge in [-0.05, 0) is 61.4 Å². The number of rotatable bonds is 7. The van der Waals surface area contributed by atoms with E-state index in [2.05, 4.69) is 35.1 Å². The Bertz CT molecular complexity index is 741. The number of anilines is 1. The first-order valence-electron chi connectivity index (χ1n) is 8.35. The first kappa shape index (κ1) is 20.0. The highest BCUT2D eigenvalue weighted by Gasteiger charge is 2.19. The zero-order chi connectivity index (χ0) is 19.1. The molecule has 0 fully saturated rings. The van der Waals surface area contributed by atoms with E-state index in [4.69, 9.17) is 9.47 Å². The third kappa shape index (κ3) is 6.19. The maximum atomic E-state index is 12.2. The number of hydrogen-bond donors (Lipinski definition) is 1. The second kappa shape index (κ2) is 9.38. The van der Waals surface area contributed by atoms with E-state index in [0.29, 0.717) is 29.5 Å². The van der Waals surface area contributed by atoms with Gasteiger partial charge in [0.05, 0.1) is 12.2 Å². The molecule has 0 saturated heterocycles. The first-order valence-corrected chi connectivity index (χ1v) is 9.14. The van der Waals surface area contributed by atoms with E-state index in [9.17, 15) is 9.59 Å². The van der Waals surface area contributed by atoms with Gasteiger partial charge in [-0.15, -0.1) is 0 Å². The van der Waals surface area contributed by atoms with Crippen LogP contribution in [0.15, 0.2) is 53.0 Å². The van der Waals surface area contributed by atoms with Gasteiger partial charge in [0, 0.05) is 10.2 Å². The molecule has 26 heavy (non-hydrogen) atoms. The van der Waals surface area contributed by atoms with E-state index in [1.54, 1.807) is 36.4 Å². The SMILES string of the molecule is CC(C)COc1ccc(C(=O)OC(C)C(=O)Nc2ccc(Br)cc2)cc1.